The van der Waals surface area contributed by atoms with E-state index < -0.39 is 0 Å². The van der Waals surface area contributed by atoms with Crippen LogP contribution in [0.2, 0.25) is 0 Å². The van der Waals surface area contributed by atoms with E-state index in [1.165, 1.54) is 18.2 Å². The molecule has 0 aliphatic heterocycles. The maximum absolute atomic E-state index is 13.6. The van der Waals surface area contributed by atoms with Gasteiger partial charge in [0, 0.05) is 24.5 Å². The second-order valence-electron chi connectivity index (χ2n) is 3.39. The van der Waals surface area contributed by atoms with Crippen molar-refractivity contribution in [1.82, 2.24) is 9.55 Å². The molecule has 0 saturated carbocycles. The predicted octanol–water partition coefficient (Wildman–Crippen LogP) is 2.52. The van der Waals surface area contributed by atoms with Crippen molar-refractivity contribution in [3.05, 3.63) is 42.0 Å². The summed E-state index contributed by atoms with van der Waals surface area (Å²) < 4.78 is 15.4. The number of benzene rings is 1. The molecule has 2 aromatic rings. The van der Waals surface area contributed by atoms with E-state index in [1.807, 2.05) is 11.5 Å². The zero-order valence-electron chi connectivity index (χ0n) is 8.85. The summed E-state index contributed by atoms with van der Waals surface area (Å²) in [4.78, 5) is 14.7. The Hall–Kier alpha value is -1.97. The molecule has 1 aromatic heterocycles. The smallest absolute Gasteiger partial charge is 0.150 e. The summed E-state index contributed by atoms with van der Waals surface area (Å²) in [6.45, 7) is 2.66. The topological polar surface area (TPSA) is 34.9 Å². The monoisotopic (exact) mass is 218 g/mol. The van der Waals surface area contributed by atoms with Gasteiger partial charge in [0.15, 0.2) is 0 Å². The van der Waals surface area contributed by atoms with E-state index in [4.69, 9.17) is 0 Å². The molecule has 1 heterocycles. The summed E-state index contributed by atoms with van der Waals surface area (Å²) >= 11 is 0. The van der Waals surface area contributed by atoms with Crippen LogP contribution >= 0.6 is 0 Å². The van der Waals surface area contributed by atoms with E-state index >= 15 is 0 Å². The van der Waals surface area contributed by atoms with Crippen molar-refractivity contribution in [3.8, 4) is 11.4 Å². The number of carbonyl (C=O) groups excluding carboxylic acids is 1. The number of imidazole rings is 1. The molecule has 0 spiro atoms. The molecule has 0 N–H and O–H groups in total. The van der Waals surface area contributed by atoms with Crippen molar-refractivity contribution in [2.24, 2.45) is 0 Å². The summed E-state index contributed by atoms with van der Waals surface area (Å²) in [5.41, 5.74) is 0.804. The average molecular weight is 218 g/mol. The average Bonchev–Trinajstić information content (AvgIpc) is 2.77. The quantitative estimate of drug-likeness (QED) is 0.742. The minimum Gasteiger partial charge on any atom is -0.331 e. The summed E-state index contributed by atoms with van der Waals surface area (Å²) in [5.74, 6) is 0.176. The number of aryl methyl sites for hydroxylation is 1. The third-order valence-electron chi connectivity index (χ3n) is 2.42. The van der Waals surface area contributed by atoms with Crippen LogP contribution in [0.4, 0.5) is 4.39 Å². The van der Waals surface area contributed by atoms with Gasteiger partial charge in [0.1, 0.15) is 17.9 Å². The summed E-state index contributed by atoms with van der Waals surface area (Å²) in [6.07, 6.45) is 4.09. The fourth-order valence-electron chi connectivity index (χ4n) is 1.60. The van der Waals surface area contributed by atoms with Crippen molar-refractivity contribution in [2.75, 3.05) is 0 Å². The van der Waals surface area contributed by atoms with Crippen LogP contribution in [0.15, 0.2) is 30.6 Å². The Balaban J connectivity index is 2.58. The summed E-state index contributed by atoms with van der Waals surface area (Å²) in [6, 6.07) is 4.25. The van der Waals surface area contributed by atoms with Crippen LogP contribution in [0.5, 0.6) is 0 Å². The van der Waals surface area contributed by atoms with Gasteiger partial charge in [-0.1, -0.05) is 0 Å². The first-order valence-electron chi connectivity index (χ1n) is 5.02. The Morgan fingerprint density at radius 3 is 3.00 bits per heavy atom. The fraction of sp³-hybridized carbons (Fsp3) is 0.167. The van der Waals surface area contributed by atoms with Crippen molar-refractivity contribution in [3.63, 3.8) is 0 Å². The third kappa shape index (κ3) is 1.74. The van der Waals surface area contributed by atoms with Gasteiger partial charge in [-0.25, -0.2) is 9.37 Å². The number of aromatic nitrogens is 2. The molecule has 1 aromatic carbocycles. The zero-order valence-corrected chi connectivity index (χ0v) is 8.85. The molecule has 0 radical (unpaired) electrons. The maximum Gasteiger partial charge on any atom is 0.150 e. The van der Waals surface area contributed by atoms with Crippen LogP contribution in [-0.2, 0) is 6.54 Å². The molecular weight excluding hydrogens is 207 g/mol. The molecule has 0 atom stereocenters. The van der Waals surface area contributed by atoms with Gasteiger partial charge in [-0.05, 0) is 25.1 Å². The molecule has 0 aliphatic carbocycles. The van der Waals surface area contributed by atoms with Crippen LogP contribution in [0.3, 0.4) is 0 Å². The Labute approximate surface area is 92.5 Å². The van der Waals surface area contributed by atoms with Gasteiger partial charge in [-0.3, -0.25) is 4.79 Å². The summed E-state index contributed by atoms with van der Waals surface area (Å²) in [5, 5.41) is 0. The molecule has 0 aliphatic rings. The standard InChI is InChI=1S/C12H11FN2O/c1-2-15-6-5-14-12(15)10-7-9(8-16)3-4-11(10)13/h3-8H,2H2,1H3. The lowest BCUT2D eigenvalue weighted by Crippen LogP contribution is -1.98. The molecule has 82 valence electrons. The predicted molar refractivity (Wildman–Crippen MR) is 58.7 cm³/mol. The van der Waals surface area contributed by atoms with Crippen molar-refractivity contribution in [1.29, 1.82) is 0 Å². The lowest BCUT2D eigenvalue weighted by molar-refractivity contribution is 0.112. The van der Waals surface area contributed by atoms with E-state index in [2.05, 4.69) is 4.98 Å². The number of nitrogens with zero attached hydrogens (tertiary/aromatic N) is 2. The molecule has 0 unspecified atom stereocenters. The number of rotatable bonds is 3. The largest absolute Gasteiger partial charge is 0.331 e. The lowest BCUT2D eigenvalue weighted by atomic mass is 10.1. The minimum atomic E-state index is -0.369. The van der Waals surface area contributed by atoms with Gasteiger partial charge in [0.2, 0.25) is 0 Å². The van der Waals surface area contributed by atoms with Gasteiger partial charge in [-0.2, -0.15) is 0 Å². The molecular formula is C12H11FN2O. The normalized spacial score (nSPS) is 10.4. The molecule has 4 heteroatoms. The SMILES string of the molecule is CCn1ccnc1-c1cc(C=O)ccc1F. The van der Waals surface area contributed by atoms with Gasteiger partial charge in [-0.15, -0.1) is 0 Å². The second kappa shape index (κ2) is 4.26. The zero-order chi connectivity index (χ0) is 11.5. The molecule has 0 bridgehead atoms. The van der Waals surface area contributed by atoms with Gasteiger partial charge in [0.05, 0.1) is 5.56 Å². The molecule has 3 nitrogen and oxygen atoms in total. The van der Waals surface area contributed by atoms with Gasteiger partial charge < -0.3 is 4.57 Å². The molecule has 2 rings (SSSR count). The van der Waals surface area contributed by atoms with E-state index in [0.29, 0.717) is 29.8 Å². The Bertz CT molecular complexity index is 519. The van der Waals surface area contributed by atoms with E-state index in [0.717, 1.165) is 0 Å². The van der Waals surface area contributed by atoms with Gasteiger partial charge >= 0.3 is 0 Å². The third-order valence-corrected chi connectivity index (χ3v) is 2.42. The van der Waals surface area contributed by atoms with E-state index in [-0.39, 0.29) is 5.82 Å². The highest BCUT2D eigenvalue weighted by Crippen LogP contribution is 2.22. The molecule has 0 amide bonds. The number of aldehydes is 1. The Kier molecular flexibility index (Phi) is 2.81. The van der Waals surface area contributed by atoms with Crippen LogP contribution in [0.25, 0.3) is 11.4 Å². The second-order valence-corrected chi connectivity index (χ2v) is 3.39. The van der Waals surface area contributed by atoms with Crippen molar-refractivity contribution < 1.29 is 9.18 Å². The van der Waals surface area contributed by atoms with Crippen LogP contribution in [0.1, 0.15) is 17.3 Å². The highest BCUT2D eigenvalue weighted by atomic mass is 19.1. The van der Waals surface area contributed by atoms with Gasteiger partial charge in [0.25, 0.3) is 0 Å². The van der Waals surface area contributed by atoms with Crippen molar-refractivity contribution in [2.45, 2.75) is 13.5 Å². The van der Waals surface area contributed by atoms with Crippen molar-refractivity contribution >= 4 is 6.29 Å². The molecule has 0 saturated heterocycles. The first-order chi connectivity index (χ1) is 7.76. The number of carbonyl (C=O) groups is 1. The van der Waals surface area contributed by atoms with Crippen LogP contribution in [0, 0.1) is 5.82 Å². The number of hydrogen-bond donors (Lipinski definition) is 0. The highest BCUT2D eigenvalue weighted by molar-refractivity contribution is 5.77. The van der Waals surface area contributed by atoms with E-state index in [9.17, 15) is 9.18 Å². The Morgan fingerprint density at radius 1 is 1.50 bits per heavy atom. The minimum absolute atomic E-state index is 0.358. The fourth-order valence-corrected chi connectivity index (χ4v) is 1.60. The van der Waals surface area contributed by atoms with E-state index in [1.54, 1.807) is 12.4 Å². The number of halogens is 1. The lowest BCUT2D eigenvalue weighted by Gasteiger charge is -2.06. The molecule has 16 heavy (non-hydrogen) atoms. The highest BCUT2D eigenvalue weighted by Gasteiger charge is 2.10. The first kappa shape index (κ1) is 10.5. The van der Waals surface area contributed by atoms with Crippen LogP contribution in [-0.4, -0.2) is 15.8 Å². The maximum atomic E-state index is 13.6. The molecule has 0 fully saturated rings. The Morgan fingerprint density at radius 2 is 2.31 bits per heavy atom. The number of hydrogen-bond acceptors (Lipinski definition) is 2. The summed E-state index contributed by atoms with van der Waals surface area (Å²) in [7, 11) is 0. The first-order valence-corrected chi connectivity index (χ1v) is 5.02. The van der Waals surface area contributed by atoms with Crippen LogP contribution < -0.4 is 0 Å².